The minimum absolute atomic E-state index is 0.605. The van der Waals surface area contributed by atoms with Gasteiger partial charge in [-0.2, -0.15) is 5.10 Å². The lowest BCUT2D eigenvalue weighted by atomic mass is 10.2. The number of imidazole rings is 1. The van der Waals surface area contributed by atoms with Crippen molar-refractivity contribution in [2.45, 2.75) is 26.9 Å². The second-order valence-corrected chi connectivity index (χ2v) is 5.22. The molecule has 22 heavy (non-hydrogen) atoms. The number of aryl methyl sites for hydroxylation is 2. The van der Waals surface area contributed by atoms with Crippen molar-refractivity contribution in [3.63, 3.8) is 0 Å². The van der Waals surface area contributed by atoms with Gasteiger partial charge in [0.25, 0.3) is 0 Å². The average molecular weight is 296 g/mol. The molecular formula is C17H20N4O. The summed E-state index contributed by atoms with van der Waals surface area (Å²) in [5.74, 6) is 0.895. The van der Waals surface area contributed by atoms with E-state index in [0.29, 0.717) is 6.61 Å². The fraction of sp³-hybridized carbons (Fsp3) is 0.294. The standard InChI is InChI=1S/C17H20N4O/c1-3-21-12-15(10-19-21)17-11-18-13-20(17)8-9-22-16-6-4-14(2)5-7-16/h4-7,10-13H,3,8-9H2,1-2H3. The molecule has 0 N–H and O–H groups in total. The van der Waals surface area contributed by atoms with Gasteiger partial charge in [-0.05, 0) is 26.0 Å². The largest absolute Gasteiger partial charge is 0.492 e. The Morgan fingerprint density at radius 3 is 2.68 bits per heavy atom. The highest BCUT2D eigenvalue weighted by Crippen LogP contribution is 2.18. The Morgan fingerprint density at radius 2 is 1.95 bits per heavy atom. The zero-order chi connectivity index (χ0) is 15.4. The van der Waals surface area contributed by atoms with Crippen molar-refractivity contribution in [1.29, 1.82) is 0 Å². The highest BCUT2D eigenvalue weighted by atomic mass is 16.5. The van der Waals surface area contributed by atoms with E-state index in [1.165, 1.54) is 5.56 Å². The Labute approximate surface area is 130 Å². The van der Waals surface area contributed by atoms with E-state index in [0.717, 1.165) is 30.1 Å². The maximum atomic E-state index is 5.78. The van der Waals surface area contributed by atoms with Crippen molar-refractivity contribution >= 4 is 0 Å². The molecule has 0 fully saturated rings. The molecule has 2 aromatic heterocycles. The highest BCUT2D eigenvalue weighted by Gasteiger charge is 2.07. The van der Waals surface area contributed by atoms with Gasteiger partial charge in [0.05, 0.1) is 31.0 Å². The summed E-state index contributed by atoms with van der Waals surface area (Å²) in [7, 11) is 0. The summed E-state index contributed by atoms with van der Waals surface area (Å²) in [6.45, 7) is 6.36. The van der Waals surface area contributed by atoms with Gasteiger partial charge in [-0.1, -0.05) is 17.7 Å². The Bertz CT molecular complexity index is 727. The quantitative estimate of drug-likeness (QED) is 0.702. The fourth-order valence-electron chi connectivity index (χ4n) is 2.30. The van der Waals surface area contributed by atoms with E-state index in [2.05, 4.69) is 40.6 Å². The minimum Gasteiger partial charge on any atom is -0.492 e. The number of nitrogens with zero attached hydrogens (tertiary/aromatic N) is 4. The third-order valence-electron chi connectivity index (χ3n) is 3.59. The van der Waals surface area contributed by atoms with Crippen LogP contribution in [0.15, 0.2) is 49.2 Å². The Kier molecular flexibility index (Phi) is 4.23. The first-order chi connectivity index (χ1) is 10.8. The molecule has 5 heteroatoms. The summed E-state index contributed by atoms with van der Waals surface area (Å²) in [5, 5.41) is 4.31. The van der Waals surface area contributed by atoms with Crippen LogP contribution in [0.3, 0.4) is 0 Å². The Morgan fingerprint density at radius 1 is 1.14 bits per heavy atom. The molecule has 0 unspecified atom stereocenters. The van der Waals surface area contributed by atoms with Crippen molar-refractivity contribution in [3.05, 3.63) is 54.7 Å². The maximum absolute atomic E-state index is 5.78. The molecule has 0 aliphatic rings. The molecular weight excluding hydrogens is 276 g/mol. The monoisotopic (exact) mass is 296 g/mol. The molecule has 2 heterocycles. The Hall–Kier alpha value is -2.56. The molecule has 0 bridgehead atoms. The van der Waals surface area contributed by atoms with Gasteiger partial charge in [0, 0.05) is 18.3 Å². The number of benzene rings is 1. The van der Waals surface area contributed by atoms with E-state index in [4.69, 9.17) is 4.74 Å². The molecule has 0 saturated heterocycles. The molecule has 0 amide bonds. The molecule has 0 aliphatic carbocycles. The first kappa shape index (κ1) is 14.4. The van der Waals surface area contributed by atoms with Crippen LogP contribution in [0.4, 0.5) is 0 Å². The number of hydrogen-bond acceptors (Lipinski definition) is 3. The molecule has 0 spiro atoms. The van der Waals surface area contributed by atoms with Crippen LogP contribution in [0.25, 0.3) is 11.3 Å². The number of hydrogen-bond donors (Lipinski definition) is 0. The SMILES string of the molecule is CCn1cc(-c2cncn2CCOc2ccc(C)cc2)cn1. The zero-order valence-electron chi connectivity index (χ0n) is 12.9. The zero-order valence-corrected chi connectivity index (χ0v) is 12.9. The van der Waals surface area contributed by atoms with E-state index in [9.17, 15) is 0 Å². The van der Waals surface area contributed by atoms with Gasteiger partial charge in [0.1, 0.15) is 12.4 Å². The van der Waals surface area contributed by atoms with Crippen LogP contribution < -0.4 is 4.74 Å². The van der Waals surface area contributed by atoms with Crippen LogP contribution in [-0.4, -0.2) is 25.9 Å². The lowest BCUT2D eigenvalue weighted by Gasteiger charge is -2.09. The van der Waals surface area contributed by atoms with Crippen molar-refractivity contribution in [2.75, 3.05) is 6.61 Å². The summed E-state index contributed by atoms with van der Waals surface area (Å²) in [6.07, 6.45) is 7.60. The fourth-order valence-corrected chi connectivity index (χ4v) is 2.30. The summed E-state index contributed by atoms with van der Waals surface area (Å²) < 4.78 is 9.78. The van der Waals surface area contributed by atoms with Gasteiger partial charge in [-0.3, -0.25) is 4.68 Å². The summed E-state index contributed by atoms with van der Waals surface area (Å²) in [6, 6.07) is 8.10. The van der Waals surface area contributed by atoms with Crippen molar-refractivity contribution < 1.29 is 4.74 Å². The summed E-state index contributed by atoms with van der Waals surface area (Å²) in [4.78, 5) is 4.24. The van der Waals surface area contributed by atoms with E-state index < -0.39 is 0 Å². The van der Waals surface area contributed by atoms with Gasteiger partial charge in [-0.25, -0.2) is 4.98 Å². The van der Waals surface area contributed by atoms with Crippen LogP contribution in [0, 0.1) is 6.92 Å². The van der Waals surface area contributed by atoms with Gasteiger partial charge >= 0.3 is 0 Å². The normalized spacial score (nSPS) is 10.8. The predicted octanol–water partition coefficient (Wildman–Crippen LogP) is 3.15. The van der Waals surface area contributed by atoms with Crippen LogP contribution in [-0.2, 0) is 13.1 Å². The highest BCUT2D eigenvalue weighted by molar-refractivity contribution is 5.56. The molecule has 1 aromatic carbocycles. The van der Waals surface area contributed by atoms with E-state index in [1.54, 1.807) is 0 Å². The van der Waals surface area contributed by atoms with Crippen LogP contribution in [0.2, 0.25) is 0 Å². The lowest BCUT2D eigenvalue weighted by Crippen LogP contribution is -2.08. The molecule has 0 radical (unpaired) electrons. The van der Waals surface area contributed by atoms with E-state index in [-0.39, 0.29) is 0 Å². The van der Waals surface area contributed by atoms with Crippen molar-refractivity contribution in [1.82, 2.24) is 19.3 Å². The molecule has 114 valence electrons. The van der Waals surface area contributed by atoms with Gasteiger partial charge in [0.2, 0.25) is 0 Å². The lowest BCUT2D eigenvalue weighted by molar-refractivity contribution is 0.299. The Balaban J connectivity index is 1.64. The minimum atomic E-state index is 0.605. The molecule has 0 saturated carbocycles. The maximum Gasteiger partial charge on any atom is 0.119 e. The van der Waals surface area contributed by atoms with Gasteiger partial charge in [0.15, 0.2) is 0 Å². The molecule has 0 atom stereocenters. The van der Waals surface area contributed by atoms with E-state index in [1.807, 2.05) is 41.7 Å². The van der Waals surface area contributed by atoms with Crippen LogP contribution >= 0.6 is 0 Å². The molecule has 5 nitrogen and oxygen atoms in total. The first-order valence-electron chi connectivity index (χ1n) is 7.48. The number of ether oxygens (including phenoxy) is 1. The number of aromatic nitrogens is 4. The van der Waals surface area contributed by atoms with E-state index >= 15 is 0 Å². The summed E-state index contributed by atoms with van der Waals surface area (Å²) >= 11 is 0. The van der Waals surface area contributed by atoms with Gasteiger partial charge in [-0.15, -0.1) is 0 Å². The average Bonchev–Trinajstić information content (AvgIpc) is 3.17. The summed E-state index contributed by atoms with van der Waals surface area (Å²) in [5.41, 5.74) is 3.37. The predicted molar refractivity (Wildman–Crippen MR) is 85.8 cm³/mol. The second kappa shape index (κ2) is 6.47. The second-order valence-electron chi connectivity index (χ2n) is 5.22. The first-order valence-corrected chi connectivity index (χ1v) is 7.48. The van der Waals surface area contributed by atoms with Crippen LogP contribution in [0.5, 0.6) is 5.75 Å². The van der Waals surface area contributed by atoms with Crippen molar-refractivity contribution in [3.8, 4) is 17.0 Å². The number of rotatable bonds is 6. The molecule has 3 aromatic rings. The third-order valence-corrected chi connectivity index (χ3v) is 3.59. The molecule has 0 aliphatic heterocycles. The topological polar surface area (TPSA) is 44.9 Å². The third kappa shape index (κ3) is 3.19. The van der Waals surface area contributed by atoms with Crippen molar-refractivity contribution in [2.24, 2.45) is 0 Å². The van der Waals surface area contributed by atoms with Gasteiger partial charge < -0.3 is 9.30 Å². The van der Waals surface area contributed by atoms with Crippen LogP contribution in [0.1, 0.15) is 12.5 Å². The smallest absolute Gasteiger partial charge is 0.119 e. The molecule has 3 rings (SSSR count).